The van der Waals surface area contributed by atoms with E-state index in [0.717, 1.165) is 16.3 Å². The number of benzene rings is 8. The summed E-state index contributed by atoms with van der Waals surface area (Å²) in [5, 5.41) is 7.92. The van der Waals surface area contributed by atoms with E-state index in [-0.39, 0.29) is 12.8 Å². The Labute approximate surface area is 292 Å². The van der Waals surface area contributed by atoms with Gasteiger partial charge in [0.15, 0.2) is 0 Å². The van der Waals surface area contributed by atoms with E-state index in [1.165, 1.54) is 93.5 Å². The molecule has 0 aliphatic heterocycles. The van der Waals surface area contributed by atoms with Gasteiger partial charge in [-0.1, -0.05) is 137 Å². The number of anilines is 1. The molecule has 0 spiro atoms. The second-order valence-corrected chi connectivity index (χ2v) is 14.8. The zero-order valence-corrected chi connectivity index (χ0v) is 27.8. The van der Waals surface area contributed by atoms with Crippen molar-refractivity contribution in [1.82, 2.24) is 0 Å². The Morgan fingerprint density at radius 3 is 1.90 bits per heavy atom. The van der Waals surface area contributed by atoms with Crippen molar-refractivity contribution in [2.24, 2.45) is 0 Å². The van der Waals surface area contributed by atoms with Crippen molar-refractivity contribution in [1.29, 1.82) is 0 Å². The van der Waals surface area contributed by atoms with Crippen LogP contribution in [0.1, 0.15) is 38.0 Å². The summed E-state index contributed by atoms with van der Waals surface area (Å²) in [6.07, 6.45) is 0. The van der Waals surface area contributed by atoms with Crippen LogP contribution in [0.3, 0.4) is 0 Å². The van der Waals surface area contributed by atoms with Gasteiger partial charge in [0.25, 0.3) is 0 Å². The minimum atomic E-state index is -0.0971. The van der Waals surface area contributed by atoms with Crippen LogP contribution >= 0.6 is 11.8 Å². The summed E-state index contributed by atoms with van der Waals surface area (Å²) in [4.78, 5) is 1.12. The lowest BCUT2D eigenvalue weighted by molar-refractivity contribution is 0.661. The molecule has 0 radical (unpaired) electrons. The number of nitrogen functional groups attached to an aromatic ring is 1. The van der Waals surface area contributed by atoms with Gasteiger partial charge in [-0.25, -0.2) is 0 Å². The zero-order chi connectivity index (χ0) is 32.1. The molecular formula is C47H37NS. The Morgan fingerprint density at radius 1 is 0.490 bits per heavy atom. The first-order chi connectivity index (χ1) is 23.5. The zero-order valence-electron chi connectivity index (χ0n) is 27.0. The third-order valence-corrected chi connectivity index (χ3v) is 12.1. The smallest absolute Gasteiger partial charge is 0.0452 e. The molecule has 0 unspecified atom stereocenters. The number of hydrogen-bond acceptors (Lipinski definition) is 2. The average molecular weight is 648 g/mol. The third-order valence-electron chi connectivity index (χ3n) is 10.9. The molecule has 2 heteroatoms. The Morgan fingerprint density at radius 2 is 1.10 bits per heavy atom. The van der Waals surface area contributed by atoms with Crippen LogP contribution < -0.4 is 5.73 Å². The summed E-state index contributed by atoms with van der Waals surface area (Å²) in [5.74, 6) is 0.828. The van der Waals surface area contributed by atoms with Gasteiger partial charge in [0.05, 0.1) is 0 Å². The summed E-state index contributed by atoms with van der Waals surface area (Å²) in [6.45, 7) is 4.77. The Kier molecular flexibility index (Phi) is 6.60. The Balaban J connectivity index is 0.00000325. The van der Waals surface area contributed by atoms with Gasteiger partial charge in [0, 0.05) is 21.8 Å². The molecule has 0 atom stereocenters. The second-order valence-electron chi connectivity index (χ2n) is 13.8. The average Bonchev–Trinajstić information content (AvgIpc) is 3.56. The minimum absolute atomic E-state index is 0. The molecule has 10 rings (SSSR count). The molecule has 2 N–H and O–H groups in total. The molecule has 0 saturated heterocycles. The number of para-hydroxylation sites is 1. The van der Waals surface area contributed by atoms with Gasteiger partial charge in [-0.2, -0.15) is 0 Å². The molecule has 2 aliphatic rings. The molecule has 0 fully saturated rings. The number of fused-ring (bicyclic) bond motifs is 8. The molecule has 236 valence electrons. The third kappa shape index (κ3) is 4.14. The van der Waals surface area contributed by atoms with Crippen LogP contribution in [0.5, 0.6) is 0 Å². The van der Waals surface area contributed by atoms with Crippen molar-refractivity contribution in [3.05, 3.63) is 156 Å². The number of hydrogen-bond donors (Lipinski definition) is 1. The van der Waals surface area contributed by atoms with Gasteiger partial charge in [-0.15, -0.1) is 11.8 Å². The van der Waals surface area contributed by atoms with Crippen LogP contribution in [0, 0.1) is 0 Å². The van der Waals surface area contributed by atoms with Gasteiger partial charge in [-0.05, 0) is 118 Å². The van der Waals surface area contributed by atoms with Crippen molar-refractivity contribution >= 4 is 49.8 Å². The lowest BCUT2D eigenvalue weighted by atomic mass is 9.80. The maximum atomic E-state index is 6.46. The van der Waals surface area contributed by atoms with Crippen molar-refractivity contribution in [3.8, 4) is 44.5 Å². The molecule has 8 aromatic carbocycles. The molecule has 1 nitrogen and oxygen atoms in total. The van der Waals surface area contributed by atoms with E-state index < -0.39 is 0 Å². The van der Waals surface area contributed by atoms with Crippen molar-refractivity contribution < 1.29 is 0 Å². The Bertz CT molecular complexity index is 2630. The van der Waals surface area contributed by atoms with Crippen LogP contribution in [0.4, 0.5) is 5.69 Å². The van der Waals surface area contributed by atoms with Gasteiger partial charge < -0.3 is 5.73 Å². The van der Waals surface area contributed by atoms with Crippen molar-refractivity contribution in [2.45, 2.75) is 37.3 Å². The standard InChI is InChI=1S/C46H33NS.CH4/c1-46(2)40-19-8-7-15-30(40)37-24-36-38(25-41(37)46)45(31-16-6-5-14-29(31)39(36)26-48-43-21-10-9-20-42(43)47)35-23-22-34-28-13-4-3-12-27(28)32-17-11-18-33(35)44(32)34;/h3-25H,26,47H2,1-2H3;1H4. The lowest BCUT2D eigenvalue weighted by Gasteiger charge is -2.24. The lowest BCUT2D eigenvalue weighted by Crippen LogP contribution is -2.14. The predicted molar refractivity (Wildman–Crippen MR) is 214 cm³/mol. The monoisotopic (exact) mass is 647 g/mol. The fraction of sp³-hybridized carbons (Fsp3) is 0.106. The SMILES string of the molecule is C.CC1(C)c2ccccc2-c2cc3c(CSc4ccccc4N)c4ccccc4c(-c4ccc5c6c(cccc46)-c4ccccc4-5)c3cc21. The summed E-state index contributed by atoms with van der Waals surface area (Å²) < 4.78 is 0. The molecule has 0 aromatic heterocycles. The van der Waals surface area contributed by atoms with Gasteiger partial charge in [-0.3, -0.25) is 0 Å². The summed E-state index contributed by atoms with van der Waals surface area (Å²) >= 11 is 1.83. The molecular weight excluding hydrogens is 611 g/mol. The predicted octanol–water partition coefficient (Wildman–Crippen LogP) is 13.3. The fourth-order valence-electron chi connectivity index (χ4n) is 8.69. The van der Waals surface area contributed by atoms with Crippen LogP contribution in [0.2, 0.25) is 0 Å². The summed E-state index contributed by atoms with van der Waals surface area (Å²) in [6, 6.07) is 51.8. The first-order valence-electron chi connectivity index (χ1n) is 16.8. The van der Waals surface area contributed by atoms with E-state index in [2.05, 4.69) is 141 Å². The highest BCUT2D eigenvalue weighted by Gasteiger charge is 2.36. The number of nitrogens with two attached hydrogens (primary N) is 1. The molecule has 8 aromatic rings. The van der Waals surface area contributed by atoms with Crippen LogP contribution in [0.25, 0.3) is 76.8 Å². The molecule has 0 bridgehead atoms. The largest absolute Gasteiger partial charge is 0.398 e. The maximum absolute atomic E-state index is 6.46. The summed E-state index contributed by atoms with van der Waals surface area (Å²) in [7, 11) is 0. The molecule has 2 aliphatic carbocycles. The molecule has 0 heterocycles. The van der Waals surface area contributed by atoms with Gasteiger partial charge >= 0.3 is 0 Å². The highest BCUT2D eigenvalue weighted by molar-refractivity contribution is 7.98. The first kappa shape index (κ1) is 29.8. The van der Waals surface area contributed by atoms with Crippen LogP contribution in [-0.2, 0) is 11.2 Å². The van der Waals surface area contributed by atoms with Crippen molar-refractivity contribution in [2.75, 3.05) is 5.73 Å². The minimum Gasteiger partial charge on any atom is -0.398 e. The number of thioether (sulfide) groups is 1. The Hall–Kier alpha value is -5.31. The second kappa shape index (κ2) is 10.9. The summed E-state index contributed by atoms with van der Waals surface area (Å²) in [5.41, 5.74) is 22.0. The van der Waals surface area contributed by atoms with Gasteiger partial charge in [0.1, 0.15) is 0 Å². The van der Waals surface area contributed by atoms with E-state index in [9.17, 15) is 0 Å². The van der Waals surface area contributed by atoms with Crippen LogP contribution in [0.15, 0.2) is 144 Å². The van der Waals surface area contributed by atoms with E-state index >= 15 is 0 Å². The van der Waals surface area contributed by atoms with E-state index in [0.29, 0.717) is 0 Å². The fourth-order valence-corrected chi connectivity index (χ4v) is 9.71. The first-order valence-corrected chi connectivity index (χ1v) is 17.7. The molecule has 0 amide bonds. The quantitative estimate of drug-likeness (QED) is 0.117. The topological polar surface area (TPSA) is 26.0 Å². The van der Waals surface area contributed by atoms with Crippen LogP contribution in [-0.4, -0.2) is 0 Å². The number of rotatable bonds is 4. The molecule has 49 heavy (non-hydrogen) atoms. The van der Waals surface area contributed by atoms with Gasteiger partial charge in [0.2, 0.25) is 0 Å². The maximum Gasteiger partial charge on any atom is 0.0452 e. The normalized spacial score (nSPS) is 13.3. The van der Waals surface area contributed by atoms with E-state index in [1.807, 2.05) is 23.9 Å². The highest BCUT2D eigenvalue weighted by atomic mass is 32.2. The highest BCUT2D eigenvalue weighted by Crippen LogP contribution is 2.54. The molecule has 0 saturated carbocycles. The van der Waals surface area contributed by atoms with E-state index in [1.54, 1.807) is 0 Å². The van der Waals surface area contributed by atoms with E-state index in [4.69, 9.17) is 5.73 Å². The van der Waals surface area contributed by atoms with Crippen molar-refractivity contribution in [3.63, 3.8) is 0 Å².